The third kappa shape index (κ3) is 3.88. The summed E-state index contributed by atoms with van der Waals surface area (Å²) < 4.78 is 24.2. The molecule has 116 valence electrons. The average molecular weight is 403 g/mol. The van der Waals surface area contributed by atoms with Gasteiger partial charge in [-0.25, -0.2) is 8.42 Å². The van der Waals surface area contributed by atoms with Crippen molar-refractivity contribution in [1.82, 2.24) is 0 Å². The van der Waals surface area contributed by atoms with Gasteiger partial charge in [-0.15, -0.1) is 0 Å². The Balaban J connectivity index is 2.32. The second kappa shape index (κ2) is 6.40. The molecule has 2 aromatic carbocycles. The molecule has 2 rings (SSSR count). The van der Waals surface area contributed by atoms with Crippen LogP contribution in [0.2, 0.25) is 5.02 Å². The first-order valence-corrected chi connectivity index (χ1v) is 9.32. The molecule has 0 aromatic heterocycles. The van der Waals surface area contributed by atoms with Crippen LogP contribution >= 0.6 is 27.5 Å². The number of carbonyl (C=O) groups excluding carboxylic acids is 1. The minimum absolute atomic E-state index is 0.0613. The van der Waals surface area contributed by atoms with E-state index in [9.17, 15) is 13.2 Å². The topological polar surface area (TPSA) is 63.2 Å². The summed E-state index contributed by atoms with van der Waals surface area (Å²) in [5, 5.41) is 2.82. The van der Waals surface area contributed by atoms with Crippen LogP contribution in [-0.4, -0.2) is 20.6 Å². The van der Waals surface area contributed by atoms with Gasteiger partial charge in [-0.2, -0.15) is 0 Å². The molecule has 0 saturated carbocycles. The predicted octanol–water partition coefficient (Wildman–Crippen LogP) is 4.07. The highest BCUT2D eigenvalue weighted by Gasteiger charge is 2.16. The van der Waals surface area contributed by atoms with Gasteiger partial charge in [-0.1, -0.05) is 27.5 Å². The van der Waals surface area contributed by atoms with Gasteiger partial charge in [0.25, 0.3) is 5.91 Å². The van der Waals surface area contributed by atoms with Crippen LogP contribution in [0.25, 0.3) is 0 Å². The molecular formula is C15H13BrClNO3S. The van der Waals surface area contributed by atoms with Crippen LogP contribution in [0.1, 0.15) is 15.9 Å². The molecule has 1 N–H and O–H groups in total. The van der Waals surface area contributed by atoms with Crippen LogP contribution in [0.4, 0.5) is 5.69 Å². The molecule has 1 amide bonds. The Labute approximate surface area is 142 Å². The van der Waals surface area contributed by atoms with Gasteiger partial charge in [0.2, 0.25) is 0 Å². The highest BCUT2D eigenvalue weighted by molar-refractivity contribution is 9.10. The lowest BCUT2D eigenvalue weighted by atomic mass is 10.2. The molecule has 0 bridgehead atoms. The molecule has 0 unspecified atom stereocenters. The number of halogens is 2. The van der Waals surface area contributed by atoms with Crippen molar-refractivity contribution < 1.29 is 13.2 Å². The maximum atomic E-state index is 12.2. The molecule has 4 nitrogen and oxygen atoms in total. The van der Waals surface area contributed by atoms with Crippen molar-refractivity contribution >= 4 is 49.0 Å². The lowest BCUT2D eigenvalue weighted by Gasteiger charge is -2.09. The fourth-order valence-electron chi connectivity index (χ4n) is 1.85. The third-order valence-corrected chi connectivity index (χ3v) is 5.48. The van der Waals surface area contributed by atoms with Crippen molar-refractivity contribution in [1.29, 1.82) is 0 Å². The summed E-state index contributed by atoms with van der Waals surface area (Å²) in [6, 6.07) is 9.56. The van der Waals surface area contributed by atoms with Gasteiger partial charge >= 0.3 is 0 Å². The summed E-state index contributed by atoms with van der Waals surface area (Å²) in [6.45, 7) is 1.91. The fraction of sp³-hybridized carbons (Fsp3) is 0.133. The standard InChI is InChI=1S/C15H13BrClNO3S/c1-9-7-11(4-5-12(9)16)18-15(19)10-3-6-13(17)14(8-10)22(2,20)21/h3-8H,1-2H3,(H,18,19). The Hall–Kier alpha value is -1.37. The van der Waals surface area contributed by atoms with Gasteiger partial charge in [0.1, 0.15) is 0 Å². The normalized spacial score (nSPS) is 11.3. The van der Waals surface area contributed by atoms with Gasteiger partial charge in [0.05, 0.1) is 9.92 Å². The summed E-state index contributed by atoms with van der Waals surface area (Å²) in [6.07, 6.45) is 1.05. The number of sulfone groups is 1. The van der Waals surface area contributed by atoms with Crippen LogP contribution in [0.3, 0.4) is 0 Å². The van der Waals surface area contributed by atoms with Gasteiger partial charge in [0.15, 0.2) is 9.84 Å². The van der Waals surface area contributed by atoms with Crippen molar-refractivity contribution in [3.63, 3.8) is 0 Å². The summed E-state index contributed by atoms with van der Waals surface area (Å²) in [5.74, 6) is -0.400. The molecule has 0 aliphatic heterocycles. The maximum absolute atomic E-state index is 12.2. The number of carbonyl (C=O) groups is 1. The molecule has 0 fully saturated rings. The molecule has 0 saturated heterocycles. The Morgan fingerprint density at radius 2 is 1.86 bits per heavy atom. The number of hydrogen-bond acceptors (Lipinski definition) is 3. The van der Waals surface area contributed by atoms with Crippen molar-refractivity contribution in [2.24, 2.45) is 0 Å². The van der Waals surface area contributed by atoms with Crippen LogP contribution in [0.15, 0.2) is 45.8 Å². The summed E-state index contributed by atoms with van der Waals surface area (Å²) in [7, 11) is -3.49. The first-order valence-electron chi connectivity index (χ1n) is 6.25. The quantitative estimate of drug-likeness (QED) is 0.842. The zero-order chi connectivity index (χ0) is 16.5. The third-order valence-electron chi connectivity index (χ3n) is 3.01. The van der Waals surface area contributed by atoms with E-state index in [1.54, 1.807) is 6.07 Å². The molecule has 0 heterocycles. The zero-order valence-electron chi connectivity index (χ0n) is 11.9. The Morgan fingerprint density at radius 3 is 2.45 bits per heavy atom. The van der Waals surface area contributed by atoms with E-state index in [1.807, 2.05) is 19.1 Å². The van der Waals surface area contributed by atoms with E-state index in [1.165, 1.54) is 18.2 Å². The number of rotatable bonds is 3. The lowest BCUT2D eigenvalue weighted by Crippen LogP contribution is -2.13. The van der Waals surface area contributed by atoms with Crippen molar-refractivity contribution in [2.75, 3.05) is 11.6 Å². The van der Waals surface area contributed by atoms with Crippen molar-refractivity contribution in [3.8, 4) is 0 Å². The van der Waals surface area contributed by atoms with Crippen LogP contribution in [-0.2, 0) is 9.84 Å². The minimum Gasteiger partial charge on any atom is -0.322 e. The second-order valence-electron chi connectivity index (χ2n) is 4.84. The van der Waals surface area contributed by atoms with E-state index in [0.717, 1.165) is 16.3 Å². The van der Waals surface area contributed by atoms with E-state index in [-0.39, 0.29) is 15.5 Å². The smallest absolute Gasteiger partial charge is 0.255 e. The number of aryl methyl sites for hydroxylation is 1. The molecule has 0 aliphatic rings. The summed E-state index contributed by atoms with van der Waals surface area (Å²) in [4.78, 5) is 12.2. The second-order valence-corrected chi connectivity index (χ2v) is 8.08. The number of hydrogen-bond donors (Lipinski definition) is 1. The van der Waals surface area contributed by atoms with Gasteiger partial charge in [-0.05, 0) is 48.9 Å². The Morgan fingerprint density at radius 1 is 1.18 bits per heavy atom. The number of anilines is 1. The molecule has 7 heteroatoms. The van der Waals surface area contributed by atoms with Gasteiger partial charge < -0.3 is 5.32 Å². The Kier molecular flexibility index (Phi) is 4.94. The first kappa shape index (κ1) is 17.0. The highest BCUT2D eigenvalue weighted by Crippen LogP contribution is 2.24. The lowest BCUT2D eigenvalue weighted by molar-refractivity contribution is 0.102. The molecule has 0 radical (unpaired) electrons. The van der Waals surface area contributed by atoms with Crippen molar-refractivity contribution in [3.05, 3.63) is 57.0 Å². The fourth-order valence-corrected chi connectivity index (χ4v) is 3.40. The maximum Gasteiger partial charge on any atom is 0.255 e. The highest BCUT2D eigenvalue weighted by atomic mass is 79.9. The number of nitrogens with one attached hydrogen (secondary N) is 1. The minimum atomic E-state index is -3.49. The van der Waals surface area contributed by atoms with E-state index < -0.39 is 15.7 Å². The van der Waals surface area contributed by atoms with E-state index in [2.05, 4.69) is 21.2 Å². The SMILES string of the molecule is Cc1cc(NC(=O)c2ccc(Cl)c(S(C)(=O)=O)c2)ccc1Br. The van der Waals surface area contributed by atoms with E-state index >= 15 is 0 Å². The van der Waals surface area contributed by atoms with Crippen molar-refractivity contribution in [2.45, 2.75) is 11.8 Å². The van der Waals surface area contributed by atoms with E-state index in [4.69, 9.17) is 11.6 Å². The molecular weight excluding hydrogens is 390 g/mol. The van der Waals surface area contributed by atoms with Gasteiger partial charge in [-0.3, -0.25) is 4.79 Å². The average Bonchev–Trinajstić information content (AvgIpc) is 2.42. The van der Waals surface area contributed by atoms with Crippen LogP contribution in [0, 0.1) is 6.92 Å². The first-order chi connectivity index (χ1) is 10.2. The van der Waals surface area contributed by atoms with Crippen LogP contribution in [0.5, 0.6) is 0 Å². The predicted molar refractivity (Wildman–Crippen MR) is 91.4 cm³/mol. The molecule has 0 aliphatic carbocycles. The van der Waals surface area contributed by atoms with Crippen LogP contribution < -0.4 is 5.32 Å². The van der Waals surface area contributed by atoms with Gasteiger partial charge in [0, 0.05) is 22.0 Å². The summed E-state index contributed by atoms with van der Waals surface area (Å²) >= 11 is 9.25. The zero-order valence-corrected chi connectivity index (χ0v) is 15.0. The van der Waals surface area contributed by atoms with E-state index in [0.29, 0.717) is 5.69 Å². The monoisotopic (exact) mass is 401 g/mol. The number of benzene rings is 2. The molecule has 0 spiro atoms. The molecule has 2 aromatic rings. The molecule has 0 atom stereocenters. The Bertz CT molecular complexity index is 850. The molecule has 22 heavy (non-hydrogen) atoms. The number of amides is 1. The summed E-state index contributed by atoms with van der Waals surface area (Å²) in [5.41, 5.74) is 1.83. The largest absolute Gasteiger partial charge is 0.322 e.